The number of aromatic nitrogens is 1. The lowest BCUT2D eigenvalue weighted by atomic mass is 10.0. The Balaban J connectivity index is 1.85. The van der Waals surface area contributed by atoms with Gasteiger partial charge in [-0.05, 0) is 63.2 Å². The predicted molar refractivity (Wildman–Crippen MR) is 103 cm³/mol. The van der Waals surface area contributed by atoms with Gasteiger partial charge in [0.25, 0.3) is 0 Å². The van der Waals surface area contributed by atoms with Crippen molar-refractivity contribution >= 4 is 22.7 Å². The van der Waals surface area contributed by atoms with Crippen molar-refractivity contribution in [3.63, 3.8) is 0 Å². The largest absolute Gasteiger partial charge is 0.497 e. The second-order valence-electron chi connectivity index (χ2n) is 6.47. The summed E-state index contributed by atoms with van der Waals surface area (Å²) in [5, 5.41) is 0.717. The van der Waals surface area contributed by atoms with Crippen LogP contribution in [0.3, 0.4) is 0 Å². The number of pyridine rings is 1. The van der Waals surface area contributed by atoms with E-state index in [0.717, 1.165) is 16.5 Å². The minimum Gasteiger partial charge on any atom is -0.497 e. The minimum atomic E-state index is -0.903. The second-order valence-corrected chi connectivity index (χ2v) is 6.47. The lowest BCUT2D eigenvalue weighted by molar-refractivity contribution is 0.0320. The average molecular weight is 363 g/mol. The van der Waals surface area contributed by atoms with Crippen LogP contribution in [0.1, 0.15) is 38.9 Å². The van der Waals surface area contributed by atoms with Gasteiger partial charge in [0, 0.05) is 16.6 Å². The normalized spacial score (nSPS) is 11.9. The van der Waals surface area contributed by atoms with E-state index in [4.69, 9.17) is 9.47 Å². The van der Waals surface area contributed by atoms with Gasteiger partial charge in [-0.25, -0.2) is 4.79 Å². The van der Waals surface area contributed by atoms with E-state index >= 15 is 0 Å². The van der Waals surface area contributed by atoms with Crippen LogP contribution in [0.25, 0.3) is 10.9 Å². The number of methoxy groups -OCH3 is 1. The summed E-state index contributed by atoms with van der Waals surface area (Å²) >= 11 is 0. The van der Waals surface area contributed by atoms with Crippen molar-refractivity contribution in [1.29, 1.82) is 0 Å². The fourth-order valence-electron chi connectivity index (χ4n) is 2.91. The van der Waals surface area contributed by atoms with Crippen molar-refractivity contribution in [1.82, 2.24) is 4.98 Å². The molecule has 1 aromatic heterocycles. The first-order valence-corrected chi connectivity index (χ1v) is 8.66. The summed E-state index contributed by atoms with van der Waals surface area (Å²) in [4.78, 5) is 29.8. The summed E-state index contributed by atoms with van der Waals surface area (Å²) in [6, 6.07) is 14.1. The van der Waals surface area contributed by atoms with Gasteiger partial charge in [0.05, 0.1) is 18.2 Å². The molecule has 0 saturated carbocycles. The van der Waals surface area contributed by atoms with Gasteiger partial charge in [-0.2, -0.15) is 0 Å². The highest BCUT2D eigenvalue weighted by Gasteiger charge is 2.22. The maximum Gasteiger partial charge on any atom is 0.339 e. The molecule has 1 unspecified atom stereocenters. The molecule has 5 heteroatoms. The topological polar surface area (TPSA) is 65.5 Å². The molecule has 1 atom stereocenters. The zero-order valence-electron chi connectivity index (χ0n) is 15.8. The Hall–Kier alpha value is -3.21. The molecule has 0 amide bonds. The van der Waals surface area contributed by atoms with Gasteiger partial charge in [0.2, 0.25) is 5.78 Å². The predicted octanol–water partition coefficient (Wildman–Crippen LogP) is 4.29. The van der Waals surface area contributed by atoms with Crippen molar-refractivity contribution in [2.75, 3.05) is 7.11 Å². The number of Topliss-reactive ketones (excluding diaryl/α,β-unsaturated/α-hetero) is 1. The van der Waals surface area contributed by atoms with Gasteiger partial charge < -0.3 is 9.47 Å². The molecule has 2 aromatic carbocycles. The summed E-state index contributed by atoms with van der Waals surface area (Å²) < 4.78 is 10.6. The molecule has 0 bridgehead atoms. The Morgan fingerprint density at radius 3 is 2.37 bits per heavy atom. The number of carbonyl (C=O) groups excluding carboxylic acids is 2. The van der Waals surface area contributed by atoms with E-state index in [0.29, 0.717) is 22.6 Å². The van der Waals surface area contributed by atoms with Gasteiger partial charge in [-0.15, -0.1) is 0 Å². The Bertz CT molecular complexity index is 1010. The van der Waals surface area contributed by atoms with Crippen molar-refractivity contribution < 1.29 is 19.1 Å². The summed E-state index contributed by atoms with van der Waals surface area (Å²) in [5.74, 6) is -0.145. The summed E-state index contributed by atoms with van der Waals surface area (Å²) in [6.07, 6.45) is -0.903. The first kappa shape index (κ1) is 18.6. The smallest absolute Gasteiger partial charge is 0.339 e. The summed E-state index contributed by atoms with van der Waals surface area (Å²) in [7, 11) is 1.56. The van der Waals surface area contributed by atoms with Gasteiger partial charge in [0.15, 0.2) is 6.10 Å². The van der Waals surface area contributed by atoms with E-state index in [2.05, 4.69) is 4.98 Å². The molecule has 0 spiro atoms. The number of fused-ring (bicyclic) bond motifs is 1. The zero-order chi connectivity index (χ0) is 19.6. The van der Waals surface area contributed by atoms with Gasteiger partial charge in [0.1, 0.15) is 5.75 Å². The third-order valence-corrected chi connectivity index (χ3v) is 4.34. The number of ether oxygens (including phenoxy) is 2. The molecule has 0 aliphatic carbocycles. The maximum atomic E-state index is 12.7. The quantitative estimate of drug-likeness (QED) is 0.500. The molecule has 0 N–H and O–H groups in total. The van der Waals surface area contributed by atoms with Crippen molar-refractivity contribution in [2.24, 2.45) is 0 Å². The molecule has 0 aliphatic rings. The number of esters is 1. The lowest BCUT2D eigenvalue weighted by Crippen LogP contribution is -2.24. The third kappa shape index (κ3) is 3.97. The summed E-state index contributed by atoms with van der Waals surface area (Å²) in [6.45, 7) is 5.35. The molecular weight excluding hydrogens is 342 g/mol. The molecule has 0 radical (unpaired) electrons. The molecule has 3 aromatic rings. The maximum absolute atomic E-state index is 12.7. The standard InChI is InChI=1S/C22H21NO4/c1-13-5-10-20-18(11-13)19(12-14(2)23-20)22(25)27-15(3)21(24)16-6-8-17(26-4)9-7-16/h5-12,15H,1-4H3. The van der Waals surface area contributed by atoms with E-state index in [9.17, 15) is 9.59 Å². The number of hydrogen-bond acceptors (Lipinski definition) is 5. The molecule has 3 rings (SSSR count). The van der Waals surface area contributed by atoms with Crippen molar-refractivity contribution in [2.45, 2.75) is 26.9 Å². The zero-order valence-corrected chi connectivity index (χ0v) is 15.8. The van der Waals surface area contributed by atoms with Crippen LogP contribution < -0.4 is 4.74 Å². The van der Waals surface area contributed by atoms with Crippen LogP contribution in [0.2, 0.25) is 0 Å². The third-order valence-electron chi connectivity index (χ3n) is 4.34. The molecule has 27 heavy (non-hydrogen) atoms. The van der Waals surface area contributed by atoms with E-state index in [1.54, 1.807) is 44.4 Å². The second kappa shape index (κ2) is 7.58. The molecule has 0 saturated heterocycles. The highest BCUT2D eigenvalue weighted by Crippen LogP contribution is 2.22. The molecular formula is C22H21NO4. The highest BCUT2D eigenvalue weighted by atomic mass is 16.5. The van der Waals surface area contributed by atoms with Gasteiger partial charge in [-0.3, -0.25) is 9.78 Å². The number of rotatable bonds is 5. The number of hydrogen-bond donors (Lipinski definition) is 0. The highest BCUT2D eigenvalue weighted by molar-refractivity contribution is 6.06. The molecule has 5 nitrogen and oxygen atoms in total. The first-order valence-electron chi connectivity index (χ1n) is 8.66. The molecule has 0 fully saturated rings. The molecule has 0 aliphatic heterocycles. The average Bonchev–Trinajstić information content (AvgIpc) is 2.67. The van der Waals surface area contributed by atoms with Crippen LogP contribution in [0.5, 0.6) is 5.75 Å². The monoisotopic (exact) mass is 363 g/mol. The van der Waals surface area contributed by atoms with Crippen molar-refractivity contribution in [3.05, 3.63) is 70.9 Å². The Kier molecular flexibility index (Phi) is 5.21. The Labute approximate surface area is 157 Å². The Morgan fingerprint density at radius 1 is 1.00 bits per heavy atom. The van der Waals surface area contributed by atoms with E-state index in [1.165, 1.54) is 0 Å². The van der Waals surface area contributed by atoms with E-state index < -0.39 is 12.1 Å². The summed E-state index contributed by atoms with van der Waals surface area (Å²) in [5.41, 5.74) is 3.33. The fraction of sp³-hybridized carbons (Fsp3) is 0.227. The van der Waals surface area contributed by atoms with E-state index in [-0.39, 0.29) is 5.78 Å². The minimum absolute atomic E-state index is 0.266. The van der Waals surface area contributed by atoms with Crippen LogP contribution >= 0.6 is 0 Å². The number of benzene rings is 2. The number of aryl methyl sites for hydroxylation is 2. The van der Waals surface area contributed by atoms with Crippen LogP contribution in [0.15, 0.2) is 48.5 Å². The number of ketones is 1. The Morgan fingerprint density at radius 2 is 1.70 bits per heavy atom. The number of nitrogens with zero attached hydrogens (tertiary/aromatic N) is 1. The SMILES string of the molecule is COc1ccc(C(=O)C(C)OC(=O)c2cc(C)nc3ccc(C)cc23)cc1. The van der Waals surface area contributed by atoms with Gasteiger partial charge >= 0.3 is 5.97 Å². The first-order chi connectivity index (χ1) is 12.9. The lowest BCUT2D eigenvalue weighted by Gasteiger charge is -2.14. The van der Waals surface area contributed by atoms with Gasteiger partial charge in [-0.1, -0.05) is 11.6 Å². The van der Waals surface area contributed by atoms with Crippen LogP contribution in [-0.4, -0.2) is 30.0 Å². The molecule has 138 valence electrons. The van der Waals surface area contributed by atoms with Crippen LogP contribution in [0.4, 0.5) is 0 Å². The van der Waals surface area contributed by atoms with Crippen molar-refractivity contribution in [3.8, 4) is 5.75 Å². The number of carbonyl (C=O) groups is 2. The van der Waals surface area contributed by atoms with Crippen LogP contribution in [0, 0.1) is 13.8 Å². The molecule has 1 heterocycles. The fourth-order valence-corrected chi connectivity index (χ4v) is 2.91. The van der Waals surface area contributed by atoms with E-state index in [1.807, 2.05) is 32.0 Å². The van der Waals surface area contributed by atoms with Crippen LogP contribution in [-0.2, 0) is 4.74 Å².